The summed E-state index contributed by atoms with van der Waals surface area (Å²) in [5.74, 6) is 0. The third-order valence-corrected chi connectivity index (χ3v) is 11.2. The minimum atomic E-state index is 0.916. The lowest BCUT2D eigenvalue weighted by Gasteiger charge is -2.26. The van der Waals surface area contributed by atoms with Crippen molar-refractivity contribution in [2.75, 3.05) is 4.90 Å². The van der Waals surface area contributed by atoms with Crippen LogP contribution in [0.2, 0.25) is 0 Å². The van der Waals surface area contributed by atoms with Crippen molar-refractivity contribution in [2.24, 2.45) is 0 Å². The van der Waals surface area contributed by atoms with E-state index in [-0.39, 0.29) is 0 Å². The van der Waals surface area contributed by atoms with Crippen molar-refractivity contribution in [3.05, 3.63) is 212 Å². The summed E-state index contributed by atoms with van der Waals surface area (Å²) >= 11 is 0. The highest BCUT2D eigenvalue weighted by Gasteiger charge is 2.19. The molecule has 0 radical (unpaired) electrons. The van der Waals surface area contributed by atoms with Crippen LogP contribution in [0.5, 0.6) is 0 Å². The maximum absolute atomic E-state index is 6.37. The number of para-hydroxylation sites is 2. The fourth-order valence-electron chi connectivity index (χ4n) is 8.69. The predicted molar refractivity (Wildman–Crippen MR) is 237 cm³/mol. The lowest BCUT2D eigenvalue weighted by molar-refractivity contribution is 0.669. The molecule has 0 saturated carbocycles. The monoisotopic (exact) mass is 713 g/mol. The first-order chi connectivity index (χ1) is 27.8. The lowest BCUT2D eigenvalue weighted by atomic mass is 9.88. The van der Waals surface area contributed by atoms with Crippen molar-refractivity contribution in [2.45, 2.75) is 0 Å². The standard InChI is InChI=1S/C54H35NO/c1-3-14-36(15-4-1)37-28-30-38(31-29-37)39-16-11-20-42(34-39)55(41-18-5-2-6-19-41)43-21-12-17-40(35-43)44-25-13-26-46-48-32-33-51-54(49-24-9-10-27-50(49)56-51)53(48)47-23-8-7-22-45(47)52(44)46/h1-35H. The van der Waals surface area contributed by atoms with Crippen molar-refractivity contribution >= 4 is 71.3 Å². The minimum Gasteiger partial charge on any atom is -0.456 e. The topological polar surface area (TPSA) is 16.4 Å². The van der Waals surface area contributed by atoms with Gasteiger partial charge in [-0.05, 0) is 115 Å². The van der Waals surface area contributed by atoms with E-state index in [0.717, 1.165) is 33.6 Å². The summed E-state index contributed by atoms with van der Waals surface area (Å²) in [6.45, 7) is 0. The van der Waals surface area contributed by atoms with Crippen molar-refractivity contribution in [1.82, 2.24) is 0 Å². The second-order valence-electron chi connectivity index (χ2n) is 14.4. The van der Waals surface area contributed by atoms with Crippen LogP contribution in [0, 0.1) is 0 Å². The molecule has 1 aromatic heterocycles. The van der Waals surface area contributed by atoms with Gasteiger partial charge < -0.3 is 9.32 Å². The van der Waals surface area contributed by atoms with Gasteiger partial charge in [0.05, 0.1) is 0 Å². The molecule has 11 rings (SSSR count). The van der Waals surface area contributed by atoms with Crippen LogP contribution in [0.1, 0.15) is 0 Å². The van der Waals surface area contributed by atoms with E-state index < -0.39 is 0 Å². The fraction of sp³-hybridized carbons (Fsp3) is 0. The van der Waals surface area contributed by atoms with Crippen LogP contribution in [-0.2, 0) is 0 Å². The second kappa shape index (κ2) is 13.2. The van der Waals surface area contributed by atoms with Crippen LogP contribution in [0.15, 0.2) is 217 Å². The highest BCUT2D eigenvalue weighted by Crippen LogP contribution is 2.46. The highest BCUT2D eigenvalue weighted by atomic mass is 16.3. The summed E-state index contributed by atoms with van der Waals surface area (Å²) in [6, 6.07) is 76.4. The average molecular weight is 714 g/mol. The largest absolute Gasteiger partial charge is 0.456 e. The Morgan fingerprint density at radius 1 is 0.268 bits per heavy atom. The van der Waals surface area contributed by atoms with Gasteiger partial charge in [0, 0.05) is 33.2 Å². The molecule has 0 unspecified atom stereocenters. The van der Waals surface area contributed by atoms with Crippen molar-refractivity contribution in [3.63, 3.8) is 0 Å². The van der Waals surface area contributed by atoms with E-state index in [1.807, 2.05) is 6.07 Å². The number of furan rings is 1. The second-order valence-corrected chi connectivity index (χ2v) is 14.4. The van der Waals surface area contributed by atoms with E-state index in [9.17, 15) is 0 Å². The summed E-state index contributed by atoms with van der Waals surface area (Å²) in [6.07, 6.45) is 0. The zero-order valence-corrected chi connectivity index (χ0v) is 30.6. The summed E-state index contributed by atoms with van der Waals surface area (Å²) in [5, 5.41) is 9.76. The van der Waals surface area contributed by atoms with Crippen LogP contribution in [-0.4, -0.2) is 0 Å². The van der Waals surface area contributed by atoms with Gasteiger partial charge in [-0.3, -0.25) is 0 Å². The van der Waals surface area contributed by atoms with E-state index in [1.165, 1.54) is 71.1 Å². The van der Waals surface area contributed by atoms with E-state index in [2.05, 4.69) is 211 Å². The van der Waals surface area contributed by atoms with E-state index in [0.29, 0.717) is 0 Å². The predicted octanol–water partition coefficient (Wildman–Crippen LogP) is 15.5. The van der Waals surface area contributed by atoms with Crippen LogP contribution in [0.4, 0.5) is 17.1 Å². The van der Waals surface area contributed by atoms with Gasteiger partial charge in [-0.25, -0.2) is 0 Å². The maximum Gasteiger partial charge on any atom is 0.136 e. The molecule has 0 fully saturated rings. The van der Waals surface area contributed by atoms with E-state index in [1.54, 1.807) is 0 Å². The van der Waals surface area contributed by atoms with Gasteiger partial charge in [0.1, 0.15) is 11.2 Å². The number of nitrogens with zero attached hydrogens (tertiary/aromatic N) is 1. The molecule has 0 aliphatic heterocycles. The number of benzene rings is 10. The summed E-state index contributed by atoms with van der Waals surface area (Å²) in [4.78, 5) is 2.37. The summed E-state index contributed by atoms with van der Waals surface area (Å²) in [5.41, 5.74) is 12.3. The summed E-state index contributed by atoms with van der Waals surface area (Å²) < 4.78 is 6.37. The van der Waals surface area contributed by atoms with Gasteiger partial charge in [-0.15, -0.1) is 0 Å². The molecule has 10 aromatic carbocycles. The fourth-order valence-corrected chi connectivity index (χ4v) is 8.69. The Morgan fingerprint density at radius 2 is 0.750 bits per heavy atom. The Balaban J connectivity index is 1.07. The molecule has 262 valence electrons. The Kier molecular flexibility index (Phi) is 7.53. The number of fused-ring (bicyclic) bond motifs is 10. The minimum absolute atomic E-state index is 0.916. The molecule has 0 amide bonds. The first kappa shape index (κ1) is 32.0. The molecular formula is C54H35NO. The van der Waals surface area contributed by atoms with E-state index >= 15 is 0 Å². The lowest BCUT2D eigenvalue weighted by Crippen LogP contribution is -2.10. The normalized spacial score (nSPS) is 11.6. The van der Waals surface area contributed by atoms with Crippen LogP contribution in [0.25, 0.3) is 87.6 Å². The van der Waals surface area contributed by atoms with E-state index in [4.69, 9.17) is 4.42 Å². The van der Waals surface area contributed by atoms with Crippen molar-refractivity contribution < 1.29 is 4.42 Å². The average Bonchev–Trinajstić information content (AvgIpc) is 3.66. The van der Waals surface area contributed by atoms with Gasteiger partial charge >= 0.3 is 0 Å². The Bertz CT molecular complexity index is 3200. The Morgan fingerprint density at radius 3 is 1.48 bits per heavy atom. The molecule has 0 bridgehead atoms. The van der Waals surface area contributed by atoms with Crippen molar-refractivity contribution in [1.29, 1.82) is 0 Å². The molecule has 0 atom stereocenters. The first-order valence-corrected chi connectivity index (χ1v) is 19.2. The van der Waals surface area contributed by atoms with Gasteiger partial charge in [0.15, 0.2) is 0 Å². The molecule has 0 aliphatic carbocycles. The zero-order chi connectivity index (χ0) is 37.0. The van der Waals surface area contributed by atoms with Crippen LogP contribution < -0.4 is 4.90 Å². The number of rotatable bonds is 6. The van der Waals surface area contributed by atoms with Crippen molar-refractivity contribution in [3.8, 4) is 33.4 Å². The molecule has 0 aliphatic rings. The number of anilines is 3. The van der Waals surface area contributed by atoms with Gasteiger partial charge in [0.2, 0.25) is 0 Å². The number of hydrogen-bond acceptors (Lipinski definition) is 2. The molecule has 0 spiro atoms. The third-order valence-electron chi connectivity index (χ3n) is 11.2. The Labute approximate surface area is 325 Å². The third kappa shape index (κ3) is 5.26. The Hall–Kier alpha value is -7.42. The molecule has 0 saturated heterocycles. The van der Waals surface area contributed by atoms with Crippen LogP contribution in [0.3, 0.4) is 0 Å². The molecule has 11 aromatic rings. The maximum atomic E-state index is 6.37. The quantitative estimate of drug-likeness (QED) is 0.160. The highest BCUT2D eigenvalue weighted by molar-refractivity contribution is 6.36. The summed E-state index contributed by atoms with van der Waals surface area (Å²) in [7, 11) is 0. The molecule has 2 nitrogen and oxygen atoms in total. The van der Waals surface area contributed by atoms with Crippen LogP contribution >= 0.6 is 0 Å². The smallest absolute Gasteiger partial charge is 0.136 e. The van der Waals surface area contributed by atoms with Gasteiger partial charge in [-0.2, -0.15) is 0 Å². The van der Waals surface area contributed by atoms with Gasteiger partial charge in [-0.1, -0.05) is 158 Å². The first-order valence-electron chi connectivity index (χ1n) is 19.2. The molecule has 1 heterocycles. The molecule has 0 N–H and O–H groups in total. The molecule has 2 heteroatoms. The number of hydrogen-bond donors (Lipinski definition) is 0. The molecule has 56 heavy (non-hydrogen) atoms. The SMILES string of the molecule is c1ccc(-c2ccc(-c3cccc(N(c4ccccc4)c4cccc(-c5cccc6c7ccc8oc9ccccc9c8c7c7ccccc7c56)c4)c3)cc2)cc1. The molecular weight excluding hydrogens is 679 g/mol. The zero-order valence-electron chi connectivity index (χ0n) is 30.6. The van der Waals surface area contributed by atoms with Gasteiger partial charge in [0.25, 0.3) is 0 Å².